The van der Waals surface area contributed by atoms with Gasteiger partial charge in [-0.2, -0.15) is 0 Å². The molecule has 0 saturated carbocycles. The molecule has 1 fully saturated rings. The van der Waals surface area contributed by atoms with E-state index in [9.17, 15) is 0 Å². The second-order valence-corrected chi connectivity index (χ2v) is 7.23. The molecule has 1 unspecified atom stereocenters. The first kappa shape index (κ1) is 16.5. The molecule has 1 aliphatic rings. The molecule has 0 amide bonds. The predicted molar refractivity (Wildman–Crippen MR) is 98.1 cm³/mol. The van der Waals surface area contributed by atoms with Crippen molar-refractivity contribution in [2.45, 2.75) is 65.8 Å². The molecule has 2 aromatic rings. The van der Waals surface area contributed by atoms with E-state index in [1.165, 1.54) is 60.2 Å². The van der Waals surface area contributed by atoms with E-state index in [0.29, 0.717) is 5.92 Å². The molecular weight excluding hydrogens is 282 g/mol. The first-order valence-electron chi connectivity index (χ1n) is 9.32. The van der Waals surface area contributed by atoms with Crippen molar-refractivity contribution >= 4 is 11.0 Å². The molecule has 3 heteroatoms. The average Bonchev–Trinajstić information content (AvgIpc) is 2.88. The van der Waals surface area contributed by atoms with Gasteiger partial charge in [0.05, 0.1) is 11.0 Å². The van der Waals surface area contributed by atoms with Crippen molar-refractivity contribution in [1.29, 1.82) is 0 Å². The summed E-state index contributed by atoms with van der Waals surface area (Å²) in [6, 6.07) is 4.62. The first-order valence-corrected chi connectivity index (χ1v) is 9.32. The molecule has 0 bridgehead atoms. The van der Waals surface area contributed by atoms with Gasteiger partial charge < -0.3 is 9.88 Å². The largest absolute Gasteiger partial charge is 0.327 e. The molecular formula is C20H31N3. The third kappa shape index (κ3) is 3.30. The number of aromatic nitrogens is 2. The van der Waals surface area contributed by atoms with Gasteiger partial charge in [-0.25, -0.2) is 4.98 Å². The van der Waals surface area contributed by atoms with Gasteiger partial charge in [-0.3, -0.25) is 0 Å². The van der Waals surface area contributed by atoms with E-state index in [2.05, 4.69) is 49.7 Å². The average molecular weight is 313 g/mol. The summed E-state index contributed by atoms with van der Waals surface area (Å²) in [6.45, 7) is 12.4. The molecule has 1 aromatic carbocycles. The highest BCUT2D eigenvalue weighted by molar-refractivity contribution is 5.78. The lowest BCUT2D eigenvalue weighted by Crippen LogP contribution is -2.32. The van der Waals surface area contributed by atoms with E-state index in [0.717, 1.165) is 19.0 Å². The van der Waals surface area contributed by atoms with Crippen LogP contribution in [-0.4, -0.2) is 22.6 Å². The number of rotatable bonds is 5. The highest BCUT2D eigenvalue weighted by Gasteiger charge is 2.21. The third-order valence-corrected chi connectivity index (χ3v) is 5.58. The zero-order chi connectivity index (χ0) is 16.4. The summed E-state index contributed by atoms with van der Waals surface area (Å²) in [7, 11) is 0. The lowest BCUT2D eigenvalue weighted by molar-refractivity contribution is 0.333. The Hall–Kier alpha value is -1.35. The number of fused-ring (bicyclic) bond motifs is 1. The topological polar surface area (TPSA) is 29.9 Å². The number of imidazole rings is 1. The van der Waals surface area contributed by atoms with E-state index >= 15 is 0 Å². The van der Waals surface area contributed by atoms with Gasteiger partial charge >= 0.3 is 0 Å². The van der Waals surface area contributed by atoms with Crippen molar-refractivity contribution in [2.75, 3.05) is 13.1 Å². The highest BCUT2D eigenvalue weighted by Crippen LogP contribution is 2.30. The minimum absolute atomic E-state index is 0.569. The van der Waals surface area contributed by atoms with Crippen LogP contribution in [0.4, 0.5) is 0 Å². The molecule has 1 aromatic heterocycles. The molecule has 1 N–H and O–H groups in total. The van der Waals surface area contributed by atoms with Crippen molar-refractivity contribution in [1.82, 2.24) is 14.9 Å². The maximum Gasteiger partial charge on any atom is 0.112 e. The second kappa shape index (κ2) is 7.04. The SMILES string of the molecule is CCC(CC)c1nc2cc(C)c(C)cc2n1CC1CCCNC1. The normalized spacial score (nSPS) is 18.9. The number of hydrogen-bond donors (Lipinski definition) is 1. The third-order valence-electron chi connectivity index (χ3n) is 5.58. The van der Waals surface area contributed by atoms with Crippen molar-refractivity contribution in [2.24, 2.45) is 5.92 Å². The Balaban J connectivity index is 2.06. The van der Waals surface area contributed by atoms with Crippen LogP contribution >= 0.6 is 0 Å². The van der Waals surface area contributed by atoms with E-state index in [-0.39, 0.29) is 0 Å². The van der Waals surface area contributed by atoms with Crippen LogP contribution in [0.3, 0.4) is 0 Å². The Morgan fingerprint density at radius 2 is 1.96 bits per heavy atom. The number of aryl methyl sites for hydroxylation is 2. The van der Waals surface area contributed by atoms with E-state index < -0.39 is 0 Å². The second-order valence-electron chi connectivity index (χ2n) is 7.23. The van der Waals surface area contributed by atoms with Gasteiger partial charge in [-0.05, 0) is 81.8 Å². The number of nitrogens with zero attached hydrogens (tertiary/aromatic N) is 2. The zero-order valence-corrected chi connectivity index (χ0v) is 15.2. The smallest absolute Gasteiger partial charge is 0.112 e. The molecule has 1 aliphatic heterocycles. The molecule has 3 nitrogen and oxygen atoms in total. The molecule has 2 heterocycles. The number of nitrogens with one attached hydrogen (secondary N) is 1. The standard InChI is InChI=1S/C20H31N3/c1-5-17(6-2)20-22-18-10-14(3)15(4)11-19(18)23(20)13-16-8-7-9-21-12-16/h10-11,16-17,21H,5-9,12-13H2,1-4H3. The van der Waals surface area contributed by atoms with Crippen molar-refractivity contribution in [3.8, 4) is 0 Å². The van der Waals surface area contributed by atoms with E-state index in [1.807, 2.05) is 0 Å². The Morgan fingerprint density at radius 1 is 1.22 bits per heavy atom. The van der Waals surface area contributed by atoms with Gasteiger partial charge in [0, 0.05) is 12.5 Å². The van der Waals surface area contributed by atoms with Crippen LogP contribution in [0.1, 0.15) is 62.4 Å². The van der Waals surface area contributed by atoms with Crippen LogP contribution in [0.25, 0.3) is 11.0 Å². The monoisotopic (exact) mass is 313 g/mol. The van der Waals surface area contributed by atoms with Crippen LogP contribution in [0.2, 0.25) is 0 Å². The number of hydrogen-bond acceptors (Lipinski definition) is 2. The molecule has 3 rings (SSSR count). The predicted octanol–water partition coefficient (Wildman–Crippen LogP) is 4.56. The fourth-order valence-electron chi connectivity index (χ4n) is 3.89. The van der Waals surface area contributed by atoms with Crippen LogP contribution < -0.4 is 5.32 Å². The fraction of sp³-hybridized carbons (Fsp3) is 0.650. The summed E-state index contributed by atoms with van der Waals surface area (Å²) >= 11 is 0. The quantitative estimate of drug-likeness (QED) is 0.877. The molecule has 0 aliphatic carbocycles. The van der Waals surface area contributed by atoms with Gasteiger partial charge in [0.2, 0.25) is 0 Å². The zero-order valence-electron chi connectivity index (χ0n) is 15.2. The summed E-state index contributed by atoms with van der Waals surface area (Å²) in [5.74, 6) is 2.61. The highest BCUT2D eigenvalue weighted by atomic mass is 15.1. The lowest BCUT2D eigenvalue weighted by atomic mass is 9.98. The Bertz CT molecular complexity index is 661. The maximum atomic E-state index is 5.06. The van der Waals surface area contributed by atoms with Crippen LogP contribution in [-0.2, 0) is 6.54 Å². The van der Waals surface area contributed by atoms with Gasteiger partial charge in [-0.15, -0.1) is 0 Å². The lowest BCUT2D eigenvalue weighted by Gasteiger charge is -2.25. The van der Waals surface area contributed by atoms with Gasteiger partial charge in [-0.1, -0.05) is 13.8 Å². The minimum Gasteiger partial charge on any atom is -0.327 e. The minimum atomic E-state index is 0.569. The first-order chi connectivity index (χ1) is 11.1. The molecule has 1 atom stereocenters. The Morgan fingerprint density at radius 3 is 2.61 bits per heavy atom. The van der Waals surface area contributed by atoms with Gasteiger partial charge in [0.15, 0.2) is 0 Å². The van der Waals surface area contributed by atoms with Crippen LogP contribution in [0, 0.1) is 19.8 Å². The molecule has 23 heavy (non-hydrogen) atoms. The van der Waals surface area contributed by atoms with Gasteiger partial charge in [0.1, 0.15) is 5.82 Å². The van der Waals surface area contributed by atoms with Crippen LogP contribution in [0.5, 0.6) is 0 Å². The van der Waals surface area contributed by atoms with E-state index in [1.54, 1.807) is 0 Å². The molecule has 1 saturated heterocycles. The summed E-state index contributed by atoms with van der Waals surface area (Å²) < 4.78 is 2.54. The van der Waals surface area contributed by atoms with Crippen molar-refractivity contribution < 1.29 is 0 Å². The van der Waals surface area contributed by atoms with E-state index in [4.69, 9.17) is 4.98 Å². The summed E-state index contributed by atoms with van der Waals surface area (Å²) in [5, 5.41) is 3.56. The van der Waals surface area contributed by atoms with Crippen molar-refractivity contribution in [3.05, 3.63) is 29.1 Å². The van der Waals surface area contributed by atoms with Gasteiger partial charge in [0.25, 0.3) is 0 Å². The Kier molecular flexibility index (Phi) is 5.05. The molecule has 126 valence electrons. The maximum absolute atomic E-state index is 5.06. The molecule has 0 spiro atoms. The molecule has 0 radical (unpaired) electrons. The summed E-state index contributed by atoms with van der Waals surface area (Å²) in [6.07, 6.45) is 4.97. The summed E-state index contributed by atoms with van der Waals surface area (Å²) in [4.78, 5) is 5.06. The summed E-state index contributed by atoms with van der Waals surface area (Å²) in [5.41, 5.74) is 5.23. The fourth-order valence-corrected chi connectivity index (χ4v) is 3.89. The Labute approximate surface area is 140 Å². The number of benzene rings is 1. The van der Waals surface area contributed by atoms with Crippen molar-refractivity contribution in [3.63, 3.8) is 0 Å². The van der Waals surface area contributed by atoms with Crippen LogP contribution in [0.15, 0.2) is 12.1 Å². The number of piperidine rings is 1.